The van der Waals surface area contributed by atoms with Crippen LogP contribution in [0.4, 0.5) is 0 Å². The number of hydrogen-bond donors (Lipinski definition) is 0. The first kappa shape index (κ1) is 23.6. The Morgan fingerprint density at radius 1 is 0.432 bits per heavy atom. The van der Waals surface area contributed by atoms with Crippen LogP contribution in [0.1, 0.15) is 0 Å². The van der Waals surface area contributed by atoms with Crippen molar-refractivity contribution in [3.8, 4) is 28.3 Å². The molecule has 10 aromatic rings. The molecule has 5 aromatic carbocycles. The summed E-state index contributed by atoms with van der Waals surface area (Å²) >= 11 is 0. The number of nitrogens with zero attached hydrogens (tertiary/aromatic N) is 4. The van der Waals surface area contributed by atoms with Crippen molar-refractivity contribution in [3.63, 3.8) is 0 Å². The van der Waals surface area contributed by atoms with Gasteiger partial charge in [-0.1, -0.05) is 109 Å². The van der Waals surface area contributed by atoms with Crippen LogP contribution in [0.5, 0.6) is 0 Å². The average Bonchev–Trinajstić information content (AvgIpc) is 3.73. The minimum absolute atomic E-state index is 0.731. The van der Waals surface area contributed by atoms with E-state index in [0.717, 1.165) is 39.2 Å². The zero-order valence-corrected chi connectivity index (χ0v) is 23.6. The summed E-state index contributed by atoms with van der Waals surface area (Å²) in [6.45, 7) is 0. The lowest BCUT2D eigenvalue weighted by Crippen LogP contribution is -1.98. The fourth-order valence-electron chi connectivity index (χ4n) is 7.20. The third-order valence-corrected chi connectivity index (χ3v) is 9.04. The predicted molar refractivity (Wildman–Crippen MR) is 182 cm³/mol. The molecule has 0 amide bonds. The van der Waals surface area contributed by atoms with Gasteiger partial charge in [-0.25, -0.2) is 9.97 Å². The van der Waals surface area contributed by atoms with E-state index in [2.05, 4.69) is 130 Å². The summed E-state index contributed by atoms with van der Waals surface area (Å²) in [6, 6.07) is 51.5. The molecule has 5 aromatic heterocycles. The number of fused-ring (bicyclic) bond motifs is 9. The van der Waals surface area contributed by atoms with Gasteiger partial charge >= 0.3 is 0 Å². The molecule has 0 saturated carbocycles. The van der Waals surface area contributed by atoms with E-state index in [9.17, 15) is 0 Å². The van der Waals surface area contributed by atoms with Gasteiger partial charge in [-0.05, 0) is 36.4 Å². The van der Waals surface area contributed by atoms with Crippen LogP contribution in [-0.4, -0.2) is 18.9 Å². The van der Waals surface area contributed by atoms with Crippen LogP contribution in [0.25, 0.3) is 88.4 Å². The summed E-state index contributed by atoms with van der Waals surface area (Å²) in [7, 11) is 0. The van der Waals surface area contributed by atoms with E-state index >= 15 is 0 Å². The average molecular weight is 561 g/mol. The molecule has 0 atom stereocenters. The van der Waals surface area contributed by atoms with E-state index < -0.39 is 0 Å². The second-order valence-corrected chi connectivity index (χ2v) is 11.4. The molecule has 0 N–H and O–H groups in total. The Kier molecular flexibility index (Phi) is 4.69. The molecule has 0 fully saturated rings. The number of para-hydroxylation sites is 1. The van der Waals surface area contributed by atoms with Gasteiger partial charge in [0.1, 0.15) is 0 Å². The molecule has 0 aliphatic heterocycles. The predicted octanol–water partition coefficient (Wildman–Crippen LogP) is 10.1. The van der Waals surface area contributed by atoms with Gasteiger partial charge in [0, 0.05) is 43.7 Å². The smallest absolute Gasteiger partial charge is 0.160 e. The Morgan fingerprint density at radius 3 is 1.91 bits per heavy atom. The highest BCUT2D eigenvalue weighted by Crippen LogP contribution is 2.44. The fraction of sp³-hybridized carbons (Fsp3) is 0. The largest absolute Gasteiger partial charge is 0.307 e. The topological polar surface area (TPSA) is 35.1 Å². The van der Waals surface area contributed by atoms with Crippen molar-refractivity contribution in [1.29, 1.82) is 0 Å². The molecule has 10 rings (SSSR count). The molecule has 0 aliphatic carbocycles. The van der Waals surface area contributed by atoms with Crippen LogP contribution in [0.3, 0.4) is 0 Å². The highest BCUT2D eigenvalue weighted by Gasteiger charge is 2.24. The Morgan fingerprint density at radius 2 is 1.09 bits per heavy atom. The quantitative estimate of drug-likeness (QED) is 0.215. The minimum atomic E-state index is 0.731. The number of hydrogen-bond acceptors (Lipinski definition) is 2. The molecule has 44 heavy (non-hydrogen) atoms. The zero-order valence-electron chi connectivity index (χ0n) is 23.6. The van der Waals surface area contributed by atoms with Crippen molar-refractivity contribution in [2.24, 2.45) is 0 Å². The molecule has 0 aliphatic rings. The molecular formula is C40H24N4. The summed E-state index contributed by atoms with van der Waals surface area (Å²) in [5.74, 6) is 0.731. The van der Waals surface area contributed by atoms with E-state index in [1.807, 2.05) is 24.3 Å². The Hall–Kier alpha value is -6.00. The van der Waals surface area contributed by atoms with Gasteiger partial charge in [-0.2, -0.15) is 0 Å². The lowest BCUT2D eigenvalue weighted by molar-refractivity contribution is 1.18. The fourth-order valence-corrected chi connectivity index (χ4v) is 7.20. The van der Waals surface area contributed by atoms with Gasteiger partial charge in [0.25, 0.3) is 0 Å². The lowest BCUT2D eigenvalue weighted by Gasteiger charge is -2.13. The van der Waals surface area contributed by atoms with Crippen molar-refractivity contribution < 1.29 is 0 Å². The van der Waals surface area contributed by atoms with Crippen molar-refractivity contribution in [3.05, 3.63) is 146 Å². The molecule has 0 unspecified atom stereocenters. The molecule has 0 saturated heterocycles. The number of pyridine rings is 1. The zero-order chi connectivity index (χ0) is 28.8. The van der Waals surface area contributed by atoms with Crippen LogP contribution in [0, 0.1) is 0 Å². The van der Waals surface area contributed by atoms with Gasteiger partial charge < -0.3 is 8.97 Å². The van der Waals surface area contributed by atoms with Gasteiger partial charge in [0.2, 0.25) is 0 Å². The summed E-state index contributed by atoms with van der Waals surface area (Å²) in [4.78, 5) is 10.2. The van der Waals surface area contributed by atoms with Crippen molar-refractivity contribution in [2.45, 2.75) is 0 Å². The number of rotatable bonds is 3. The van der Waals surface area contributed by atoms with Crippen molar-refractivity contribution in [1.82, 2.24) is 18.9 Å². The maximum atomic E-state index is 5.16. The second kappa shape index (κ2) is 8.76. The lowest BCUT2D eigenvalue weighted by atomic mass is 10.0. The first-order valence-electron chi connectivity index (χ1n) is 14.9. The maximum absolute atomic E-state index is 5.16. The van der Waals surface area contributed by atoms with Crippen LogP contribution >= 0.6 is 0 Å². The van der Waals surface area contributed by atoms with Crippen LogP contribution < -0.4 is 0 Å². The van der Waals surface area contributed by atoms with E-state index in [4.69, 9.17) is 9.97 Å². The molecule has 4 heteroatoms. The second-order valence-electron chi connectivity index (χ2n) is 11.4. The van der Waals surface area contributed by atoms with Crippen molar-refractivity contribution >= 4 is 60.0 Å². The monoisotopic (exact) mass is 560 g/mol. The van der Waals surface area contributed by atoms with Crippen LogP contribution in [-0.2, 0) is 0 Å². The van der Waals surface area contributed by atoms with E-state index in [1.165, 1.54) is 49.1 Å². The van der Waals surface area contributed by atoms with Gasteiger partial charge in [-0.3, -0.25) is 0 Å². The van der Waals surface area contributed by atoms with Crippen LogP contribution in [0.2, 0.25) is 0 Å². The maximum Gasteiger partial charge on any atom is 0.160 e. The van der Waals surface area contributed by atoms with Crippen LogP contribution in [0.15, 0.2) is 146 Å². The summed E-state index contributed by atoms with van der Waals surface area (Å²) < 4.78 is 4.88. The van der Waals surface area contributed by atoms with E-state index in [-0.39, 0.29) is 0 Å². The molecule has 0 bridgehead atoms. The minimum Gasteiger partial charge on any atom is -0.307 e. The Balaban J connectivity index is 1.33. The van der Waals surface area contributed by atoms with Gasteiger partial charge in [0.05, 0.1) is 38.8 Å². The molecular weight excluding hydrogens is 536 g/mol. The van der Waals surface area contributed by atoms with Gasteiger partial charge in [-0.15, -0.1) is 0 Å². The Labute approximate surface area is 252 Å². The van der Waals surface area contributed by atoms with Gasteiger partial charge in [0.15, 0.2) is 5.82 Å². The van der Waals surface area contributed by atoms with E-state index in [0.29, 0.717) is 0 Å². The van der Waals surface area contributed by atoms with E-state index in [1.54, 1.807) is 0 Å². The highest BCUT2D eigenvalue weighted by molar-refractivity contribution is 6.30. The summed E-state index contributed by atoms with van der Waals surface area (Å²) in [5, 5.41) is 6.14. The summed E-state index contributed by atoms with van der Waals surface area (Å²) in [5.41, 5.74) is 11.2. The number of benzene rings is 5. The standard InChI is InChI=1S/C40H24N4/c1-3-12-25(13-4-1)37-31-24-27(22-23-32(31)41-40(42-37)26-14-5-2-6-15-26)43-34-19-10-9-18-30(34)36-38-29-17-8-7-16-28(29)33-20-11-21-35(39(36)43)44(33)38/h1-24H. The molecule has 4 nitrogen and oxygen atoms in total. The molecule has 0 radical (unpaired) electrons. The third-order valence-electron chi connectivity index (χ3n) is 9.04. The molecule has 0 spiro atoms. The first-order valence-corrected chi connectivity index (χ1v) is 14.9. The number of aromatic nitrogens is 4. The van der Waals surface area contributed by atoms with Crippen molar-refractivity contribution in [2.75, 3.05) is 0 Å². The molecule has 5 heterocycles. The molecule has 204 valence electrons. The SMILES string of the molecule is c1ccc(-c2nc(-c3ccccc3)c3cc(-n4c5ccccc5c5c4c4cccc6c7ccccc7c5n64)ccc3n2)cc1. The summed E-state index contributed by atoms with van der Waals surface area (Å²) in [6.07, 6.45) is 0. The highest BCUT2D eigenvalue weighted by atomic mass is 15.0. The normalized spacial score (nSPS) is 12.1. The Bertz CT molecular complexity index is 2700. The first-order chi connectivity index (χ1) is 21.8. The third kappa shape index (κ3) is 3.11.